The maximum absolute atomic E-state index is 13.6. The molecule has 0 atom stereocenters. The van der Waals surface area contributed by atoms with Gasteiger partial charge in [-0.25, -0.2) is 4.39 Å². The smallest absolute Gasteiger partial charge is 0.248 e. The molecule has 0 radical (unpaired) electrons. The van der Waals surface area contributed by atoms with Crippen LogP contribution in [0.1, 0.15) is 11.1 Å². The second kappa shape index (κ2) is 6.41. The topological polar surface area (TPSA) is 47.6 Å². The van der Waals surface area contributed by atoms with Crippen molar-refractivity contribution in [1.29, 1.82) is 0 Å². The summed E-state index contributed by atoms with van der Waals surface area (Å²) < 4.78 is 24.1. The van der Waals surface area contributed by atoms with E-state index in [4.69, 9.17) is 9.47 Å². The fourth-order valence-corrected chi connectivity index (χ4v) is 2.20. The Kier molecular flexibility index (Phi) is 4.16. The Bertz CT molecular complexity index is 713. The van der Waals surface area contributed by atoms with Crippen LogP contribution in [0.25, 0.3) is 6.08 Å². The molecular weight excluding hydrogens is 285 g/mol. The number of para-hydroxylation sites is 1. The molecule has 0 unspecified atom stereocenters. The summed E-state index contributed by atoms with van der Waals surface area (Å²) in [6, 6.07) is 11.8. The van der Waals surface area contributed by atoms with E-state index in [1.165, 1.54) is 24.3 Å². The largest absolute Gasteiger partial charge is 0.467 e. The van der Waals surface area contributed by atoms with E-state index in [0.717, 1.165) is 0 Å². The first kappa shape index (κ1) is 14.3. The molecule has 1 heterocycles. The predicted octanol–water partition coefficient (Wildman–Crippen LogP) is 3.34. The van der Waals surface area contributed by atoms with E-state index in [0.29, 0.717) is 29.2 Å². The molecule has 0 saturated carbocycles. The minimum Gasteiger partial charge on any atom is -0.467 e. The van der Waals surface area contributed by atoms with Crippen LogP contribution in [0.3, 0.4) is 0 Å². The highest BCUT2D eigenvalue weighted by Crippen LogP contribution is 2.30. The molecule has 0 fully saturated rings. The number of amides is 1. The number of ether oxygens (including phenoxy) is 2. The molecule has 1 aliphatic heterocycles. The monoisotopic (exact) mass is 299 g/mol. The quantitative estimate of drug-likeness (QED) is 0.884. The van der Waals surface area contributed by atoms with Crippen molar-refractivity contribution in [3.05, 3.63) is 65.5 Å². The van der Waals surface area contributed by atoms with Gasteiger partial charge in [0, 0.05) is 22.9 Å². The maximum atomic E-state index is 13.6. The lowest BCUT2D eigenvalue weighted by Gasteiger charge is -2.19. The standard InChI is InChI=1S/C17H14FNO3/c18-14-8-12(17-13(9-14)10-21-11-22-17)6-7-16(20)19-15-4-2-1-3-5-15/h1-9H,10-11H2,(H,19,20). The third-order valence-electron chi connectivity index (χ3n) is 3.16. The Morgan fingerprint density at radius 3 is 2.86 bits per heavy atom. The average Bonchev–Trinajstić information content (AvgIpc) is 2.53. The van der Waals surface area contributed by atoms with E-state index in [-0.39, 0.29) is 12.7 Å². The van der Waals surface area contributed by atoms with Gasteiger partial charge in [0.05, 0.1) is 6.61 Å². The predicted molar refractivity (Wildman–Crippen MR) is 80.8 cm³/mol. The number of carbonyl (C=O) groups is 1. The number of carbonyl (C=O) groups excluding carboxylic acids is 1. The van der Waals surface area contributed by atoms with Crippen LogP contribution in [0.5, 0.6) is 5.75 Å². The van der Waals surface area contributed by atoms with Crippen LogP contribution >= 0.6 is 0 Å². The van der Waals surface area contributed by atoms with Crippen LogP contribution in [0.2, 0.25) is 0 Å². The number of rotatable bonds is 3. The second-order valence-corrected chi connectivity index (χ2v) is 4.78. The van der Waals surface area contributed by atoms with Gasteiger partial charge in [0.2, 0.25) is 5.91 Å². The molecule has 1 aliphatic rings. The van der Waals surface area contributed by atoms with Gasteiger partial charge in [-0.2, -0.15) is 0 Å². The van der Waals surface area contributed by atoms with Crippen molar-refractivity contribution in [2.75, 3.05) is 12.1 Å². The fraction of sp³-hybridized carbons (Fsp3) is 0.118. The Morgan fingerprint density at radius 2 is 2.05 bits per heavy atom. The summed E-state index contributed by atoms with van der Waals surface area (Å²) in [5, 5.41) is 2.72. The third kappa shape index (κ3) is 3.32. The number of nitrogens with one attached hydrogen (secondary N) is 1. The lowest BCUT2D eigenvalue weighted by Crippen LogP contribution is -2.13. The molecule has 5 heteroatoms. The molecule has 22 heavy (non-hydrogen) atoms. The molecule has 3 rings (SSSR count). The molecule has 0 aromatic heterocycles. The van der Waals surface area contributed by atoms with E-state index in [2.05, 4.69) is 5.32 Å². The molecule has 0 spiro atoms. The zero-order valence-electron chi connectivity index (χ0n) is 11.7. The van der Waals surface area contributed by atoms with Crippen LogP contribution in [-0.4, -0.2) is 12.7 Å². The summed E-state index contributed by atoms with van der Waals surface area (Å²) in [5.41, 5.74) is 1.85. The third-order valence-corrected chi connectivity index (χ3v) is 3.16. The van der Waals surface area contributed by atoms with Crippen LogP contribution in [0.4, 0.5) is 10.1 Å². The molecule has 2 aromatic rings. The van der Waals surface area contributed by atoms with Crippen molar-refractivity contribution in [3.8, 4) is 5.75 Å². The van der Waals surface area contributed by atoms with E-state index < -0.39 is 5.82 Å². The van der Waals surface area contributed by atoms with Gasteiger partial charge >= 0.3 is 0 Å². The van der Waals surface area contributed by atoms with Crippen molar-refractivity contribution in [2.24, 2.45) is 0 Å². The number of hydrogen-bond donors (Lipinski definition) is 1. The van der Waals surface area contributed by atoms with Crippen LogP contribution < -0.4 is 10.1 Å². The SMILES string of the molecule is O=C(C=Cc1cc(F)cc2c1OCOC2)Nc1ccccc1. The fourth-order valence-electron chi connectivity index (χ4n) is 2.20. The zero-order chi connectivity index (χ0) is 15.4. The van der Waals surface area contributed by atoms with Crippen molar-refractivity contribution in [2.45, 2.75) is 6.61 Å². The van der Waals surface area contributed by atoms with Gasteiger partial charge in [-0.1, -0.05) is 18.2 Å². The lowest BCUT2D eigenvalue weighted by atomic mass is 10.1. The van der Waals surface area contributed by atoms with E-state index in [1.54, 1.807) is 12.1 Å². The molecule has 1 amide bonds. The molecule has 0 saturated heterocycles. The first-order chi connectivity index (χ1) is 10.7. The highest BCUT2D eigenvalue weighted by molar-refractivity contribution is 6.02. The molecular formula is C17H14FNO3. The van der Waals surface area contributed by atoms with Crippen molar-refractivity contribution in [1.82, 2.24) is 0 Å². The summed E-state index contributed by atoms with van der Waals surface area (Å²) >= 11 is 0. The Hall–Kier alpha value is -2.66. The number of benzene rings is 2. The average molecular weight is 299 g/mol. The normalized spacial score (nSPS) is 13.5. The lowest BCUT2D eigenvalue weighted by molar-refractivity contribution is -0.111. The van der Waals surface area contributed by atoms with Gasteiger partial charge < -0.3 is 14.8 Å². The van der Waals surface area contributed by atoms with Gasteiger partial charge in [-0.3, -0.25) is 4.79 Å². The van der Waals surface area contributed by atoms with E-state index >= 15 is 0 Å². The molecule has 1 N–H and O–H groups in total. The molecule has 112 valence electrons. The highest BCUT2D eigenvalue weighted by Gasteiger charge is 2.15. The highest BCUT2D eigenvalue weighted by atomic mass is 19.1. The molecule has 0 aliphatic carbocycles. The second-order valence-electron chi connectivity index (χ2n) is 4.78. The Morgan fingerprint density at radius 1 is 1.23 bits per heavy atom. The van der Waals surface area contributed by atoms with Gasteiger partial charge in [0.15, 0.2) is 6.79 Å². The minimum atomic E-state index is -0.393. The summed E-state index contributed by atoms with van der Waals surface area (Å²) in [4.78, 5) is 11.9. The zero-order valence-corrected chi connectivity index (χ0v) is 11.7. The van der Waals surface area contributed by atoms with Crippen molar-refractivity contribution in [3.63, 3.8) is 0 Å². The van der Waals surface area contributed by atoms with Gasteiger partial charge in [-0.15, -0.1) is 0 Å². The number of anilines is 1. The van der Waals surface area contributed by atoms with Gasteiger partial charge in [0.1, 0.15) is 11.6 Å². The van der Waals surface area contributed by atoms with Gasteiger partial charge in [-0.05, 0) is 30.3 Å². The van der Waals surface area contributed by atoms with Crippen LogP contribution in [-0.2, 0) is 16.1 Å². The first-order valence-corrected chi connectivity index (χ1v) is 6.79. The summed E-state index contributed by atoms with van der Waals surface area (Å²) in [7, 11) is 0. The van der Waals surface area contributed by atoms with Gasteiger partial charge in [0.25, 0.3) is 0 Å². The Balaban J connectivity index is 1.78. The number of hydrogen-bond acceptors (Lipinski definition) is 3. The van der Waals surface area contributed by atoms with Crippen LogP contribution in [0.15, 0.2) is 48.5 Å². The summed E-state index contributed by atoms with van der Waals surface area (Å²) in [5.74, 6) is -0.136. The van der Waals surface area contributed by atoms with Crippen molar-refractivity contribution >= 4 is 17.7 Å². The number of halogens is 1. The number of fused-ring (bicyclic) bond motifs is 1. The van der Waals surface area contributed by atoms with E-state index in [1.807, 2.05) is 18.2 Å². The molecule has 4 nitrogen and oxygen atoms in total. The first-order valence-electron chi connectivity index (χ1n) is 6.79. The van der Waals surface area contributed by atoms with E-state index in [9.17, 15) is 9.18 Å². The minimum absolute atomic E-state index is 0.121. The molecule has 0 bridgehead atoms. The van der Waals surface area contributed by atoms with Crippen molar-refractivity contribution < 1.29 is 18.7 Å². The summed E-state index contributed by atoms with van der Waals surface area (Å²) in [6.45, 7) is 0.416. The summed E-state index contributed by atoms with van der Waals surface area (Å²) in [6.07, 6.45) is 2.88. The van der Waals surface area contributed by atoms with Crippen LogP contribution in [0, 0.1) is 5.82 Å². The maximum Gasteiger partial charge on any atom is 0.248 e. The Labute approximate surface area is 127 Å². The molecule has 2 aromatic carbocycles.